The van der Waals surface area contributed by atoms with Gasteiger partial charge in [-0.05, 0) is 60.9 Å². The van der Waals surface area contributed by atoms with Gasteiger partial charge < -0.3 is 15.4 Å². The third kappa shape index (κ3) is 7.00. The van der Waals surface area contributed by atoms with Crippen molar-refractivity contribution in [2.75, 3.05) is 13.1 Å². The van der Waals surface area contributed by atoms with E-state index in [1.54, 1.807) is 30.6 Å². The molecule has 156 valence electrons. The Hall–Kier alpha value is -3.19. The Morgan fingerprint density at radius 3 is 2.63 bits per heavy atom. The highest BCUT2D eigenvalue weighted by Gasteiger charge is 2.03. The van der Waals surface area contributed by atoms with Gasteiger partial charge in [0.05, 0.1) is 6.54 Å². The lowest BCUT2D eigenvalue weighted by Gasteiger charge is -2.11. The first-order valence-electron chi connectivity index (χ1n) is 9.63. The van der Waals surface area contributed by atoms with Crippen molar-refractivity contribution < 1.29 is 9.13 Å². The van der Waals surface area contributed by atoms with Crippen molar-refractivity contribution in [2.24, 2.45) is 4.99 Å². The van der Waals surface area contributed by atoms with Crippen LogP contribution in [0.15, 0.2) is 65.9 Å². The van der Waals surface area contributed by atoms with E-state index in [4.69, 9.17) is 16.3 Å². The Kier molecular flexibility index (Phi) is 7.97. The largest absolute Gasteiger partial charge is 0.439 e. The molecule has 0 saturated heterocycles. The second kappa shape index (κ2) is 11.1. The van der Waals surface area contributed by atoms with E-state index in [0.717, 1.165) is 30.1 Å². The molecule has 0 aliphatic rings. The molecule has 0 unspecified atom stereocenters. The summed E-state index contributed by atoms with van der Waals surface area (Å²) in [6.07, 6.45) is 4.24. The van der Waals surface area contributed by atoms with E-state index in [0.29, 0.717) is 29.9 Å². The number of guanidine groups is 1. The Morgan fingerprint density at radius 2 is 1.90 bits per heavy atom. The summed E-state index contributed by atoms with van der Waals surface area (Å²) in [7, 11) is 0. The van der Waals surface area contributed by atoms with Gasteiger partial charge in [-0.25, -0.2) is 19.4 Å². The number of hydrogen-bond donors (Lipinski definition) is 2. The third-order valence-electron chi connectivity index (χ3n) is 4.09. The minimum atomic E-state index is -0.311. The molecule has 2 N–H and O–H groups in total. The lowest BCUT2D eigenvalue weighted by atomic mass is 10.2. The molecule has 0 saturated carbocycles. The molecule has 0 spiro atoms. The minimum Gasteiger partial charge on any atom is -0.439 e. The van der Waals surface area contributed by atoms with Crippen LogP contribution in [0.3, 0.4) is 0 Å². The lowest BCUT2D eigenvalue weighted by molar-refractivity contribution is 0.460. The average Bonchev–Trinajstić information content (AvgIpc) is 2.75. The highest BCUT2D eigenvalue weighted by molar-refractivity contribution is 6.29. The summed E-state index contributed by atoms with van der Waals surface area (Å²) in [4.78, 5) is 12.9. The van der Waals surface area contributed by atoms with E-state index in [2.05, 4.69) is 25.6 Å². The molecular formula is C22H23ClFN5O. The normalized spacial score (nSPS) is 11.2. The van der Waals surface area contributed by atoms with Gasteiger partial charge in [-0.3, -0.25) is 0 Å². The maximum absolute atomic E-state index is 13.0. The van der Waals surface area contributed by atoms with E-state index in [1.807, 2.05) is 25.1 Å². The Morgan fingerprint density at radius 1 is 1.07 bits per heavy atom. The maximum atomic E-state index is 13.0. The number of nitrogens with zero attached hydrogens (tertiary/aromatic N) is 3. The molecule has 3 aromatic rings. The Balaban J connectivity index is 1.56. The third-order valence-corrected chi connectivity index (χ3v) is 4.32. The second-order valence-corrected chi connectivity index (χ2v) is 6.81. The zero-order valence-corrected chi connectivity index (χ0v) is 17.4. The van der Waals surface area contributed by atoms with E-state index in [-0.39, 0.29) is 5.82 Å². The molecule has 3 rings (SSSR count). The van der Waals surface area contributed by atoms with Crippen LogP contribution in [0.5, 0.6) is 11.6 Å². The van der Waals surface area contributed by atoms with Crippen LogP contribution in [0.1, 0.15) is 18.1 Å². The predicted molar refractivity (Wildman–Crippen MR) is 116 cm³/mol. The molecule has 30 heavy (non-hydrogen) atoms. The van der Waals surface area contributed by atoms with Crippen LogP contribution in [0, 0.1) is 5.82 Å². The number of rotatable bonds is 8. The fraction of sp³-hybridized carbons (Fsp3) is 0.227. The van der Waals surface area contributed by atoms with Crippen molar-refractivity contribution in [1.82, 2.24) is 20.6 Å². The molecule has 0 aliphatic heterocycles. The highest BCUT2D eigenvalue weighted by Crippen LogP contribution is 2.20. The van der Waals surface area contributed by atoms with Crippen LogP contribution in [0.25, 0.3) is 0 Å². The molecule has 8 heteroatoms. The number of pyridine rings is 2. The SMILES string of the molecule is CCNC(=NCc1ccnc(Oc2ccc(F)cc2)c1)NCCc1ccc(Cl)nc1. The summed E-state index contributed by atoms with van der Waals surface area (Å²) in [6, 6.07) is 13.2. The molecule has 0 fully saturated rings. The van der Waals surface area contributed by atoms with E-state index in [9.17, 15) is 4.39 Å². The molecule has 0 amide bonds. The van der Waals surface area contributed by atoms with Crippen molar-refractivity contribution in [3.63, 3.8) is 0 Å². The van der Waals surface area contributed by atoms with Crippen molar-refractivity contribution in [1.29, 1.82) is 0 Å². The Bertz CT molecular complexity index is 964. The molecule has 6 nitrogen and oxygen atoms in total. The summed E-state index contributed by atoms with van der Waals surface area (Å²) in [5.74, 6) is 1.37. The van der Waals surface area contributed by atoms with Gasteiger partial charge in [-0.1, -0.05) is 17.7 Å². The van der Waals surface area contributed by atoms with Crippen LogP contribution in [-0.4, -0.2) is 29.0 Å². The van der Waals surface area contributed by atoms with Gasteiger partial charge in [0.15, 0.2) is 5.96 Å². The highest BCUT2D eigenvalue weighted by atomic mass is 35.5. The van der Waals surface area contributed by atoms with E-state index >= 15 is 0 Å². The minimum absolute atomic E-state index is 0.311. The van der Waals surface area contributed by atoms with Gasteiger partial charge >= 0.3 is 0 Å². The fourth-order valence-corrected chi connectivity index (χ4v) is 2.73. The molecule has 0 radical (unpaired) electrons. The van der Waals surface area contributed by atoms with Crippen LogP contribution < -0.4 is 15.4 Å². The summed E-state index contributed by atoms with van der Waals surface area (Å²) >= 11 is 5.82. The summed E-state index contributed by atoms with van der Waals surface area (Å²) in [5, 5.41) is 7.02. The topological polar surface area (TPSA) is 71.4 Å². The van der Waals surface area contributed by atoms with Gasteiger partial charge in [0.25, 0.3) is 0 Å². The standard InChI is InChI=1S/C22H23ClFN5O/c1-2-25-22(27-12-9-16-3-8-20(23)28-14-16)29-15-17-10-11-26-21(13-17)30-19-6-4-18(24)5-7-19/h3-8,10-11,13-14H,2,9,12,15H2,1H3,(H2,25,27,29). The maximum Gasteiger partial charge on any atom is 0.219 e. The summed E-state index contributed by atoms with van der Waals surface area (Å²) < 4.78 is 18.7. The molecule has 2 heterocycles. The number of nitrogens with one attached hydrogen (secondary N) is 2. The van der Waals surface area contributed by atoms with Crippen LogP contribution >= 0.6 is 11.6 Å². The molecule has 1 aromatic carbocycles. The van der Waals surface area contributed by atoms with Gasteiger partial charge in [-0.2, -0.15) is 0 Å². The average molecular weight is 428 g/mol. The molecular weight excluding hydrogens is 405 g/mol. The zero-order chi connectivity index (χ0) is 21.2. The Labute approximate surface area is 180 Å². The van der Waals surface area contributed by atoms with Crippen LogP contribution in [0.2, 0.25) is 5.15 Å². The monoisotopic (exact) mass is 427 g/mol. The van der Waals surface area contributed by atoms with Crippen molar-refractivity contribution in [2.45, 2.75) is 19.9 Å². The molecule has 0 atom stereocenters. The fourth-order valence-electron chi connectivity index (χ4n) is 2.62. The second-order valence-electron chi connectivity index (χ2n) is 6.42. The summed E-state index contributed by atoms with van der Waals surface area (Å²) in [5.41, 5.74) is 2.04. The van der Waals surface area contributed by atoms with Gasteiger partial charge in [0.2, 0.25) is 5.88 Å². The number of aromatic nitrogens is 2. The van der Waals surface area contributed by atoms with Crippen molar-refractivity contribution in [3.05, 3.63) is 83.0 Å². The van der Waals surface area contributed by atoms with Crippen molar-refractivity contribution in [3.8, 4) is 11.6 Å². The van der Waals surface area contributed by atoms with Crippen molar-refractivity contribution >= 4 is 17.6 Å². The van der Waals surface area contributed by atoms with Crippen LogP contribution in [0.4, 0.5) is 4.39 Å². The number of halogens is 2. The van der Waals surface area contributed by atoms with Gasteiger partial charge in [0, 0.05) is 31.5 Å². The lowest BCUT2D eigenvalue weighted by Crippen LogP contribution is -2.38. The van der Waals surface area contributed by atoms with E-state index in [1.165, 1.54) is 12.1 Å². The quantitative estimate of drug-likeness (QED) is 0.317. The first kappa shape index (κ1) is 21.5. The first-order valence-corrected chi connectivity index (χ1v) is 10.0. The predicted octanol–water partition coefficient (Wildman–Crippen LogP) is 4.36. The van der Waals surface area contributed by atoms with Gasteiger partial charge in [0.1, 0.15) is 16.7 Å². The number of aliphatic imine (C=N–C) groups is 1. The zero-order valence-electron chi connectivity index (χ0n) is 16.6. The first-order chi connectivity index (χ1) is 14.6. The van der Waals surface area contributed by atoms with E-state index < -0.39 is 0 Å². The number of hydrogen-bond acceptors (Lipinski definition) is 4. The molecule has 2 aromatic heterocycles. The molecule has 0 aliphatic carbocycles. The molecule has 0 bridgehead atoms. The van der Waals surface area contributed by atoms with Gasteiger partial charge in [-0.15, -0.1) is 0 Å². The number of benzene rings is 1. The smallest absolute Gasteiger partial charge is 0.219 e. The van der Waals surface area contributed by atoms with Crippen LogP contribution in [-0.2, 0) is 13.0 Å². The summed E-state index contributed by atoms with van der Waals surface area (Å²) in [6.45, 7) is 3.94. The number of ether oxygens (including phenoxy) is 1.